The Kier molecular flexibility index (Phi) is 4.65. The third-order valence-corrected chi connectivity index (χ3v) is 5.71. The maximum Gasteiger partial charge on any atom is 0.274 e. The molecule has 31 heavy (non-hydrogen) atoms. The summed E-state index contributed by atoms with van der Waals surface area (Å²) >= 11 is 0. The second kappa shape index (κ2) is 7.50. The molecule has 0 radical (unpaired) electrons. The molecular weight excluding hydrogens is 392 g/mol. The number of anilines is 2. The second-order valence-electron chi connectivity index (χ2n) is 7.96. The zero-order valence-corrected chi connectivity index (χ0v) is 17.8. The minimum Gasteiger partial charge on any atom is -0.337 e. The number of aromatic nitrogens is 6. The number of fused-ring (bicyclic) bond motifs is 1. The van der Waals surface area contributed by atoms with Crippen molar-refractivity contribution in [1.82, 2.24) is 29.4 Å². The van der Waals surface area contributed by atoms with Crippen molar-refractivity contribution in [2.45, 2.75) is 32.7 Å². The summed E-state index contributed by atoms with van der Waals surface area (Å²) in [7, 11) is 1.75. The molecule has 1 unspecified atom stereocenters. The lowest BCUT2D eigenvalue weighted by Crippen LogP contribution is -2.27. The number of nitrogens with one attached hydrogen (secondary N) is 1. The zero-order valence-electron chi connectivity index (χ0n) is 17.8. The Labute approximate surface area is 179 Å². The molecule has 1 aliphatic heterocycles. The Balaban J connectivity index is 1.43. The van der Waals surface area contributed by atoms with Gasteiger partial charge in [-0.3, -0.25) is 14.5 Å². The smallest absolute Gasteiger partial charge is 0.274 e. The fraction of sp³-hybridized carbons (Fsp3) is 0.318. The molecule has 0 aromatic carbocycles. The molecule has 1 amide bonds. The van der Waals surface area contributed by atoms with E-state index >= 15 is 0 Å². The predicted molar refractivity (Wildman–Crippen MR) is 118 cm³/mol. The second-order valence-corrected chi connectivity index (χ2v) is 7.96. The first-order valence-electron chi connectivity index (χ1n) is 10.4. The monoisotopic (exact) mass is 416 g/mol. The first-order chi connectivity index (χ1) is 15.0. The van der Waals surface area contributed by atoms with Crippen molar-refractivity contribution < 1.29 is 4.79 Å². The van der Waals surface area contributed by atoms with Gasteiger partial charge in [-0.1, -0.05) is 6.07 Å². The number of hydrogen-bond donors (Lipinski definition) is 1. The van der Waals surface area contributed by atoms with E-state index in [1.54, 1.807) is 22.4 Å². The third-order valence-electron chi connectivity index (χ3n) is 5.71. The maximum atomic E-state index is 13.1. The van der Waals surface area contributed by atoms with Crippen LogP contribution < -0.4 is 10.2 Å². The molecule has 1 N–H and O–H groups in total. The van der Waals surface area contributed by atoms with Crippen LogP contribution in [-0.4, -0.2) is 47.9 Å². The lowest BCUT2D eigenvalue weighted by atomic mass is 10.1. The summed E-state index contributed by atoms with van der Waals surface area (Å²) in [5, 5.41) is 11.8. The van der Waals surface area contributed by atoms with Crippen molar-refractivity contribution in [2.24, 2.45) is 7.05 Å². The van der Waals surface area contributed by atoms with Crippen LogP contribution in [0.3, 0.4) is 0 Å². The van der Waals surface area contributed by atoms with Gasteiger partial charge in [0.05, 0.1) is 17.5 Å². The van der Waals surface area contributed by atoms with Crippen LogP contribution in [-0.2, 0) is 7.05 Å². The van der Waals surface area contributed by atoms with Crippen molar-refractivity contribution in [1.29, 1.82) is 0 Å². The molecule has 1 atom stereocenters. The molecule has 5 rings (SSSR count). The van der Waals surface area contributed by atoms with Crippen LogP contribution in [0.5, 0.6) is 0 Å². The molecule has 158 valence electrons. The highest BCUT2D eigenvalue weighted by molar-refractivity contribution is 6.07. The molecule has 9 heteroatoms. The van der Waals surface area contributed by atoms with E-state index in [2.05, 4.69) is 37.3 Å². The molecule has 9 nitrogen and oxygen atoms in total. The Hall–Kier alpha value is -3.75. The van der Waals surface area contributed by atoms with Crippen LogP contribution in [0.15, 0.2) is 42.7 Å². The Morgan fingerprint density at radius 2 is 2.10 bits per heavy atom. The number of carbonyl (C=O) groups is 1. The molecule has 5 heterocycles. The van der Waals surface area contributed by atoms with Crippen molar-refractivity contribution in [3.05, 3.63) is 54.1 Å². The minimum absolute atomic E-state index is 0.254. The summed E-state index contributed by atoms with van der Waals surface area (Å²) in [4.78, 5) is 24.5. The van der Waals surface area contributed by atoms with Crippen LogP contribution in [0.1, 0.15) is 35.9 Å². The lowest BCUT2D eigenvalue weighted by molar-refractivity contribution is 0.101. The van der Waals surface area contributed by atoms with Gasteiger partial charge in [0.25, 0.3) is 5.91 Å². The molecule has 0 bridgehead atoms. The van der Waals surface area contributed by atoms with E-state index in [1.165, 1.54) is 0 Å². The standard InChI is InChI=1S/C22H24N8O/c1-14-6-4-8-18(24-14)17-13-23-28(3)20(17)21(31)25-16-9-11-30-19(12-16)26-22(27-30)29-10-5-7-15(29)2/h4,6,8-9,11-13,15H,5,7,10H2,1-3H3,(H,25,31). The number of nitrogens with zero attached hydrogens (tertiary/aromatic N) is 7. The third kappa shape index (κ3) is 3.52. The highest BCUT2D eigenvalue weighted by Crippen LogP contribution is 2.25. The molecular formula is C22H24N8O. The first kappa shape index (κ1) is 19.2. The predicted octanol–water partition coefficient (Wildman–Crippen LogP) is 3.07. The molecule has 1 aliphatic rings. The van der Waals surface area contributed by atoms with Crippen LogP contribution in [0, 0.1) is 6.92 Å². The Morgan fingerprint density at radius 1 is 1.23 bits per heavy atom. The minimum atomic E-state index is -0.254. The number of carbonyl (C=O) groups excluding carboxylic acids is 1. The molecule has 4 aromatic rings. The highest BCUT2D eigenvalue weighted by Gasteiger charge is 2.24. The first-order valence-corrected chi connectivity index (χ1v) is 10.4. The Morgan fingerprint density at radius 3 is 2.87 bits per heavy atom. The van der Waals surface area contributed by atoms with Crippen LogP contribution in [0.4, 0.5) is 11.6 Å². The summed E-state index contributed by atoms with van der Waals surface area (Å²) in [6.45, 7) is 5.08. The number of pyridine rings is 2. The SMILES string of the molecule is Cc1cccc(-c2cnn(C)c2C(=O)Nc2ccn3nc(N4CCCC4C)nc3c2)n1. The van der Waals surface area contributed by atoms with Crippen molar-refractivity contribution in [3.63, 3.8) is 0 Å². The topological polar surface area (TPSA) is 93.2 Å². The van der Waals surface area contributed by atoms with Gasteiger partial charge in [-0.15, -0.1) is 5.10 Å². The van der Waals surface area contributed by atoms with E-state index in [0.29, 0.717) is 28.6 Å². The van der Waals surface area contributed by atoms with Crippen LogP contribution in [0.25, 0.3) is 16.9 Å². The van der Waals surface area contributed by atoms with Crippen molar-refractivity contribution in [3.8, 4) is 11.3 Å². The van der Waals surface area contributed by atoms with Gasteiger partial charge in [0.15, 0.2) is 5.65 Å². The van der Waals surface area contributed by atoms with Gasteiger partial charge in [-0.05, 0) is 44.9 Å². The molecule has 1 saturated heterocycles. The number of hydrogen-bond acceptors (Lipinski definition) is 6. The molecule has 0 spiro atoms. The van der Waals surface area contributed by atoms with Gasteiger partial charge in [-0.25, -0.2) is 4.52 Å². The summed E-state index contributed by atoms with van der Waals surface area (Å²) in [5.74, 6) is 0.475. The summed E-state index contributed by atoms with van der Waals surface area (Å²) in [6.07, 6.45) is 5.79. The van der Waals surface area contributed by atoms with Gasteiger partial charge >= 0.3 is 0 Å². The fourth-order valence-corrected chi connectivity index (χ4v) is 4.08. The van der Waals surface area contributed by atoms with E-state index in [4.69, 9.17) is 0 Å². The van der Waals surface area contributed by atoms with E-state index < -0.39 is 0 Å². The molecule has 1 fully saturated rings. The van der Waals surface area contributed by atoms with E-state index in [-0.39, 0.29) is 5.91 Å². The summed E-state index contributed by atoms with van der Waals surface area (Å²) in [5.41, 5.74) is 4.08. The van der Waals surface area contributed by atoms with E-state index in [0.717, 1.165) is 36.7 Å². The molecule has 4 aromatic heterocycles. The Bertz CT molecular complexity index is 1270. The average molecular weight is 416 g/mol. The van der Waals surface area contributed by atoms with E-state index in [9.17, 15) is 4.79 Å². The number of aryl methyl sites for hydroxylation is 2. The van der Waals surface area contributed by atoms with Crippen molar-refractivity contribution in [2.75, 3.05) is 16.8 Å². The van der Waals surface area contributed by atoms with Crippen LogP contribution in [0.2, 0.25) is 0 Å². The zero-order chi connectivity index (χ0) is 21.5. The van der Waals surface area contributed by atoms with Gasteiger partial charge in [0.1, 0.15) is 5.69 Å². The van der Waals surface area contributed by atoms with Gasteiger partial charge in [-0.2, -0.15) is 10.1 Å². The van der Waals surface area contributed by atoms with Crippen molar-refractivity contribution >= 4 is 23.2 Å². The summed E-state index contributed by atoms with van der Waals surface area (Å²) in [6, 6.07) is 9.81. The van der Waals surface area contributed by atoms with Gasteiger partial charge in [0, 0.05) is 43.3 Å². The highest BCUT2D eigenvalue weighted by atomic mass is 16.2. The average Bonchev–Trinajstić information content (AvgIpc) is 3.45. The quantitative estimate of drug-likeness (QED) is 0.550. The number of rotatable bonds is 4. The van der Waals surface area contributed by atoms with Gasteiger partial charge in [0.2, 0.25) is 5.95 Å². The molecule has 0 saturated carbocycles. The number of amides is 1. The van der Waals surface area contributed by atoms with Gasteiger partial charge < -0.3 is 10.2 Å². The molecule has 0 aliphatic carbocycles. The normalized spacial score (nSPS) is 16.2. The lowest BCUT2D eigenvalue weighted by Gasteiger charge is -2.18. The largest absolute Gasteiger partial charge is 0.337 e. The van der Waals surface area contributed by atoms with E-state index in [1.807, 2.05) is 43.5 Å². The fourth-order valence-electron chi connectivity index (χ4n) is 4.08. The summed E-state index contributed by atoms with van der Waals surface area (Å²) < 4.78 is 3.30. The van der Waals surface area contributed by atoms with Crippen LogP contribution >= 0.6 is 0 Å². The maximum absolute atomic E-state index is 13.1.